The van der Waals surface area contributed by atoms with Gasteiger partial charge >= 0.3 is 0 Å². The zero-order valence-electron chi connectivity index (χ0n) is 10.2. The summed E-state index contributed by atoms with van der Waals surface area (Å²) in [6.07, 6.45) is 0. The van der Waals surface area contributed by atoms with Crippen LogP contribution in [0, 0.1) is 6.92 Å². The molecule has 0 spiro atoms. The Bertz CT molecular complexity index is 307. The summed E-state index contributed by atoms with van der Waals surface area (Å²) >= 11 is 0. The topological polar surface area (TPSA) is 24.1 Å². The molecule has 15 heavy (non-hydrogen) atoms. The van der Waals surface area contributed by atoms with Crippen molar-refractivity contribution < 1.29 is 0 Å². The normalized spacial score (nSPS) is 12.8. The molecule has 0 fully saturated rings. The maximum absolute atomic E-state index is 3.45. The molecule has 0 aromatic heterocycles. The Kier molecular flexibility index (Phi) is 4.79. The number of nitrogens with one attached hydrogen (secondary N) is 2. The minimum absolute atomic E-state index is 0.437. The third-order valence-electron chi connectivity index (χ3n) is 2.83. The number of hydrogen-bond acceptors (Lipinski definition) is 2. The minimum Gasteiger partial charge on any atom is -0.316 e. The lowest BCUT2D eigenvalue weighted by molar-refractivity contribution is 0.594. The van der Waals surface area contributed by atoms with Crippen molar-refractivity contribution in [1.29, 1.82) is 0 Å². The highest BCUT2D eigenvalue weighted by molar-refractivity contribution is 5.35. The van der Waals surface area contributed by atoms with Crippen LogP contribution in [0.3, 0.4) is 0 Å². The molecular weight excluding hydrogens is 184 g/mol. The van der Waals surface area contributed by atoms with Crippen LogP contribution in [0.2, 0.25) is 0 Å². The molecule has 2 N–H and O–H groups in total. The summed E-state index contributed by atoms with van der Waals surface area (Å²) in [6.45, 7) is 8.52. The highest BCUT2D eigenvalue weighted by Gasteiger charge is 2.08. The fourth-order valence-corrected chi connectivity index (χ4v) is 1.97. The van der Waals surface area contributed by atoms with Crippen molar-refractivity contribution in [2.24, 2.45) is 0 Å². The first kappa shape index (κ1) is 12.2. The lowest BCUT2D eigenvalue weighted by Crippen LogP contribution is -2.19. The van der Waals surface area contributed by atoms with Gasteiger partial charge in [0.25, 0.3) is 0 Å². The van der Waals surface area contributed by atoms with Crippen molar-refractivity contribution in [3.63, 3.8) is 0 Å². The lowest BCUT2D eigenvalue weighted by Gasteiger charge is -2.17. The van der Waals surface area contributed by atoms with Crippen molar-refractivity contribution in [2.45, 2.75) is 33.4 Å². The van der Waals surface area contributed by atoms with Crippen molar-refractivity contribution in [3.05, 3.63) is 34.9 Å². The molecule has 0 saturated carbocycles. The zero-order valence-corrected chi connectivity index (χ0v) is 10.2. The van der Waals surface area contributed by atoms with Crippen LogP contribution >= 0.6 is 0 Å². The van der Waals surface area contributed by atoms with E-state index in [0.717, 1.165) is 13.1 Å². The second kappa shape index (κ2) is 5.89. The number of benzene rings is 1. The molecule has 1 aromatic carbocycles. The van der Waals surface area contributed by atoms with Gasteiger partial charge in [0.1, 0.15) is 0 Å². The summed E-state index contributed by atoms with van der Waals surface area (Å²) in [5, 5.41) is 6.65. The van der Waals surface area contributed by atoms with Crippen molar-refractivity contribution >= 4 is 0 Å². The largest absolute Gasteiger partial charge is 0.316 e. The Morgan fingerprint density at radius 3 is 2.67 bits per heavy atom. The van der Waals surface area contributed by atoms with E-state index in [-0.39, 0.29) is 0 Å². The molecule has 1 rings (SSSR count). The van der Waals surface area contributed by atoms with Gasteiger partial charge < -0.3 is 10.6 Å². The van der Waals surface area contributed by atoms with E-state index in [4.69, 9.17) is 0 Å². The van der Waals surface area contributed by atoms with Gasteiger partial charge in [-0.25, -0.2) is 0 Å². The summed E-state index contributed by atoms with van der Waals surface area (Å²) in [5.41, 5.74) is 4.20. The fourth-order valence-electron chi connectivity index (χ4n) is 1.97. The van der Waals surface area contributed by atoms with Gasteiger partial charge in [0, 0.05) is 12.6 Å². The van der Waals surface area contributed by atoms with E-state index >= 15 is 0 Å². The second-order valence-corrected chi connectivity index (χ2v) is 3.94. The smallest absolute Gasteiger partial charge is 0.0294 e. The highest BCUT2D eigenvalue weighted by Crippen LogP contribution is 2.20. The van der Waals surface area contributed by atoms with Crippen LogP contribution in [0.4, 0.5) is 0 Å². The van der Waals surface area contributed by atoms with Gasteiger partial charge in [-0.1, -0.05) is 25.1 Å². The van der Waals surface area contributed by atoms with Gasteiger partial charge in [-0.15, -0.1) is 0 Å². The first-order valence-corrected chi connectivity index (χ1v) is 5.67. The summed E-state index contributed by atoms with van der Waals surface area (Å²) in [5.74, 6) is 0. The van der Waals surface area contributed by atoms with Crippen LogP contribution in [0.15, 0.2) is 18.2 Å². The Balaban J connectivity index is 2.92. The standard InChI is InChI=1S/C13H22N2/c1-5-15-11(3)13-8-6-7-12(9-14-4)10(13)2/h6-8,11,14-15H,5,9H2,1-4H3/t11-/m1/s1. The molecule has 0 saturated heterocycles. The maximum Gasteiger partial charge on any atom is 0.0294 e. The Morgan fingerprint density at radius 2 is 2.07 bits per heavy atom. The summed E-state index contributed by atoms with van der Waals surface area (Å²) in [6, 6.07) is 6.98. The van der Waals surface area contributed by atoms with Crippen LogP contribution in [0.1, 0.15) is 36.6 Å². The van der Waals surface area contributed by atoms with Crippen LogP contribution in [-0.2, 0) is 6.54 Å². The summed E-state index contributed by atoms with van der Waals surface area (Å²) in [4.78, 5) is 0. The van der Waals surface area contributed by atoms with Gasteiger partial charge in [0.15, 0.2) is 0 Å². The van der Waals surface area contributed by atoms with E-state index in [1.165, 1.54) is 16.7 Å². The van der Waals surface area contributed by atoms with E-state index in [9.17, 15) is 0 Å². The van der Waals surface area contributed by atoms with Gasteiger partial charge in [0.2, 0.25) is 0 Å². The molecule has 1 atom stereocenters. The molecular formula is C13H22N2. The fraction of sp³-hybridized carbons (Fsp3) is 0.538. The van der Waals surface area contributed by atoms with E-state index < -0.39 is 0 Å². The lowest BCUT2D eigenvalue weighted by atomic mass is 9.97. The molecule has 0 aliphatic carbocycles. The van der Waals surface area contributed by atoms with Crippen LogP contribution in [0.25, 0.3) is 0 Å². The third kappa shape index (κ3) is 3.05. The third-order valence-corrected chi connectivity index (χ3v) is 2.83. The predicted octanol–water partition coefficient (Wildman–Crippen LogP) is 2.38. The van der Waals surface area contributed by atoms with Crippen LogP contribution in [0.5, 0.6) is 0 Å². The molecule has 1 aromatic rings. The molecule has 0 heterocycles. The molecule has 0 bridgehead atoms. The highest BCUT2D eigenvalue weighted by atomic mass is 14.9. The zero-order chi connectivity index (χ0) is 11.3. The molecule has 84 valence electrons. The molecule has 0 amide bonds. The Labute approximate surface area is 93.1 Å². The molecule has 2 nitrogen and oxygen atoms in total. The van der Waals surface area contributed by atoms with Crippen molar-refractivity contribution in [1.82, 2.24) is 10.6 Å². The average Bonchev–Trinajstić information content (AvgIpc) is 2.22. The second-order valence-electron chi connectivity index (χ2n) is 3.94. The Hall–Kier alpha value is -0.860. The minimum atomic E-state index is 0.437. The molecule has 0 aliphatic rings. The van der Waals surface area contributed by atoms with E-state index in [0.29, 0.717) is 6.04 Å². The quantitative estimate of drug-likeness (QED) is 0.773. The van der Waals surface area contributed by atoms with Gasteiger partial charge in [-0.05, 0) is 44.1 Å². The number of hydrogen-bond donors (Lipinski definition) is 2. The van der Waals surface area contributed by atoms with Gasteiger partial charge in [0.05, 0.1) is 0 Å². The van der Waals surface area contributed by atoms with Gasteiger partial charge in [-0.3, -0.25) is 0 Å². The average molecular weight is 206 g/mol. The first-order chi connectivity index (χ1) is 7.20. The monoisotopic (exact) mass is 206 g/mol. The van der Waals surface area contributed by atoms with Crippen molar-refractivity contribution in [2.75, 3.05) is 13.6 Å². The molecule has 2 heteroatoms. The SMILES string of the molecule is CCN[C@H](C)c1cccc(CNC)c1C. The maximum atomic E-state index is 3.45. The van der Waals surface area contributed by atoms with E-state index in [2.05, 4.69) is 49.6 Å². The molecule has 0 unspecified atom stereocenters. The van der Waals surface area contributed by atoms with Crippen molar-refractivity contribution in [3.8, 4) is 0 Å². The van der Waals surface area contributed by atoms with Gasteiger partial charge in [-0.2, -0.15) is 0 Å². The Morgan fingerprint density at radius 1 is 1.33 bits per heavy atom. The van der Waals surface area contributed by atoms with E-state index in [1.807, 2.05) is 7.05 Å². The predicted molar refractivity (Wildman–Crippen MR) is 66.0 cm³/mol. The molecule has 0 aliphatic heterocycles. The van der Waals surface area contributed by atoms with Crippen LogP contribution < -0.4 is 10.6 Å². The first-order valence-electron chi connectivity index (χ1n) is 5.67. The van der Waals surface area contributed by atoms with E-state index in [1.54, 1.807) is 0 Å². The van der Waals surface area contributed by atoms with Crippen LogP contribution in [-0.4, -0.2) is 13.6 Å². The summed E-state index contributed by atoms with van der Waals surface area (Å²) in [7, 11) is 1.99. The number of rotatable bonds is 5. The molecule has 0 radical (unpaired) electrons. The summed E-state index contributed by atoms with van der Waals surface area (Å²) < 4.78 is 0.